The normalized spacial score (nSPS) is 16.3. The molecule has 1 aromatic carbocycles. The van der Waals surface area contributed by atoms with Gasteiger partial charge >= 0.3 is 0 Å². The van der Waals surface area contributed by atoms with E-state index in [1.807, 2.05) is 19.2 Å². The van der Waals surface area contributed by atoms with Crippen LogP contribution in [0, 0.1) is 5.82 Å². The average molecular weight is 491 g/mol. The molecule has 0 amide bonds. The number of anilines is 2. The lowest BCUT2D eigenvalue weighted by molar-refractivity contribution is -0.116. The predicted molar refractivity (Wildman–Crippen MR) is 141 cm³/mol. The van der Waals surface area contributed by atoms with E-state index in [1.54, 1.807) is 12.1 Å². The molecule has 6 nitrogen and oxygen atoms in total. The van der Waals surface area contributed by atoms with E-state index in [0.717, 1.165) is 43.9 Å². The van der Waals surface area contributed by atoms with Gasteiger partial charge in [0, 0.05) is 43.6 Å². The maximum Gasteiger partial charge on any atom is 0.134 e. The fraction of sp³-hybridized carbons (Fsp3) is 0.379. The number of carbonyl (C=O) groups excluding carboxylic acids is 1. The number of rotatable bonds is 8. The summed E-state index contributed by atoms with van der Waals surface area (Å²) in [6.07, 6.45) is 8.27. The summed E-state index contributed by atoms with van der Waals surface area (Å²) in [5.74, 6) is 1.14. The quantitative estimate of drug-likeness (QED) is 0.473. The summed E-state index contributed by atoms with van der Waals surface area (Å²) < 4.78 is 20.2. The number of Topliss-reactive ketones (excluding diaryl/α,β-unsaturated/α-hetero) is 1. The molecule has 190 valence electrons. The molecule has 3 heterocycles. The van der Waals surface area contributed by atoms with Gasteiger partial charge in [0.1, 0.15) is 29.8 Å². The van der Waals surface area contributed by atoms with Crippen molar-refractivity contribution >= 4 is 17.3 Å². The van der Waals surface area contributed by atoms with Crippen LogP contribution in [0.5, 0.6) is 0 Å². The number of benzene rings is 1. The van der Waals surface area contributed by atoms with E-state index >= 15 is 0 Å². The van der Waals surface area contributed by atoms with Crippen LogP contribution in [0.1, 0.15) is 50.8 Å². The third-order valence-electron chi connectivity index (χ3n) is 6.55. The lowest BCUT2D eigenvalue weighted by Gasteiger charge is -2.34. The highest BCUT2D eigenvalue weighted by molar-refractivity contribution is 5.78. The molecule has 0 saturated carbocycles. The second-order valence-corrected chi connectivity index (χ2v) is 9.35. The van der Waals surface area contributed by atoms with E-state index in [1.165, 1.54) is 35.4 Å². The maximum absolute atomic E-state index is 14.4. The van der Waals surface area contributed by atoms with Crippen molar-refractivity contribution in [2.75, 3.05) is 25.0 Å². The van der Waals surface area contributed by atoms with Crippen LogP contribution in [0.3, 0.4) is 0 Å². The SMILES string of the molecule is CC/C=C/C(=C(/C)C1=C(C)OCCN1)N1CCc2cnc(Nc3ccc(CC(C)=O)c(F)c3)cc2C1. The minimum Gasteiger partial charge on any atom is -0.494 e. The summed E-state index contributed by atoms with van der Waals surface area (Å²) in [5, 5.41) is 6.73. The Bertz CT molecular complexity index is 1230. The monoisotopic (exact) mass is 490 g/mol. The zero-order valence-corrected chi connectivity index (χ0v) is 21.6. The van der Waals surface area contributed by atoms with Crippen LogP contribution in [-0.4, -0.2) is 35.4 Å². The fourth-order valence-corrected chi connectivity index (χ4v) is 4.69. The molecule has 36 heavy (non-hydrogen) atoms. The van der Waals surface area contributed by atoms with Crippen molar-refractivity contribution in [2.45, 2.75) is 53.5 Å². The Labute approximate surface area is 212 Å². The number of hydrogen-bond acceptors (Lipinski definition) is 6. The van der Waals surface area contributed by atoms with Crippen molar-refractivity contribution in [1.29, 1.82) is 0 Å². The fourth-order valence-electron chi connectivity index (χ4n) is 4.69. The van der Waals surface area contributed by atoms with Gasteiger partial charge < -0.3 is 20.3 Å². The van der Waals surface area contributed by atoms with E-state index in [2.05, 4.69) is 46.5 Å². The van der Waals surface area contributed by atoms with Gasteiger partial charge in [-0.05, 0) is 80.2 Å². The van der Waals surface area contributed by atoms with Crippen molar-refractivity contribution in [3.05, 3.63) is 87.8 Å². The molecule has 2 N–H and O–H groups in total. The molecule has 0 aliphatic carbocycles. The van der Waals surface area contributed by atoms with E-state index in [-0.39, 0.29) is 12.2 Å². The second kappa shape index (κ2) is 11.4. The van der Waals surface area contributed by atoms with Gasteiger partial charge in [-0.1, -0.05) is 19.1 Å². The van der Waals surface area contributed by atoms with Crippen LogP contribution < -0.4 is 10.6 Å². The number of carbonyl (C=O) groups is 1. The van der Waals surface area contributed by atoms with Crippen LogP contribution in [0.15, 0.2) is 65.3 Å². The number of allylic oxidation sites excluding steroid dienone is 4. The topological polar surface area (TPSA) is 66.5 Å². The molecule has 0 unspecified atom stereocenters. The molecule has 2 aromatic rings. The number of pyridine rings is 1. The molecule has 0 spiro atoms. The first-order chi connectivity index (χ1) is 17.4. The van der Waals surface area contributed by atoms with Gasteiger partial charge in [-0.2, -0.15) is 0 Å². The van der Waals surface area contributed by atoms with Crippen molar-refractivity contribution in [3.63, 3.8) is 0 Å². The minimum atomic E-state index is -0.391. The number of ketones is 1. The van der Waals surface area contributed by atoms with Crippen LogP contribution in [-0.2, 0) is 28.9 Å². The van der Waals surface area contributed by atoms with Crippen molar-refractivity contribution in [3.8, 4) is 0 Å². The smallest absolute Gasteiger partial charge is 0.134 e. The van der Waals surface area contributed by atoms with Gasteiger partial charge in [-0.3, -0.25) is 4.79 Å². The molecule has 2 aliphatic rings. The Kier molecular flexibility index (Phi) is 8.08. The van der Waals surface area contributed by atoms with Gasteiger partial charge in [0.15, 0.2) is 0 Å². The molecule has 0 bridgehead atoms. The highest BCUT2D eigenvalue weighted by Crippen LogP contribution is 2.29. The zero-order chi connectivity index (χ0) is 25.7. The van der Waals surface area contributed by atoms with E-state index in [0.29, 0.717) is 23.7 Å². The summed E-state index contributed by atoms with van der Waals surface area (Å²) in [5.41, 5.74) is 6.86. The summed E-state index contributed by atoms with van der Waals surface area (Å²) in [7, 11) is 0. The lowest BCUT2D eigenvalue weighted by Crippen LogP contribution is -2.32. The first-order valence-electron chi connectivity index (χ1n) is 12.6. The molecule has 7 heteroatoms. The van der Waals surface area contributed by atoms with Crippen molar-refractivity contribution < 1.29 is 13.9 Å². The highest BCUT2D eigenvalue weighted by Gasteiger charge is 2.22. The van der Waals surface area contributed by atoms with E-state index in [9.17, 15) is 9.18 Å². The number of fused-ring (bicyclic) bond motifs is 1. The molecule has 0 fully saturated rings. The summed E-state index contributed by atoms with van der Waals surface area (Å²) in [4.78, 5) is 18.3. The molecule has 0 radical (unpaired) electrons. The predicted octanol–water partition coefficient (Wildman–Crippen LogP) is 5.55. The standard InChI is InChI=1S/C29H35FN4O2/c1-5-6-7-27(20(3)29-21(4)36-13-11-31-29)34-12-10-23-17-32-28(15-24(23)18-34)33-25-9-8-22(14-19(2)35)26(30)16-25/h6-9,15-17,31H,5,10-14,18H2,1-4H3,(H,32,33)/b7-6+,27-20+. The summed E-state index contributed by atoms with van der Waals surface area (Å²) in [6.45, 7) is 10.9. The van der Waals surface area contributed by atoms with Crippen LogP contribution >= 0.6 is 0 Å². The molecule has 1 aromatic heterocycles. The Morgan fingerprint density at radius 3 is 2.83 bits per heavy atom. The number of halogens is 1. The Morgan fingerprint density at radius 2 is 2.11 bits per heavy atom. The number of nitrogens with one attached hydrogen (secondary N) is 2. The largest absolute Gasteiger partial charge is 0.494 e. The van der Waals surface area contributed by atoms with Gasteiger partial charge in [0.2, 0.25) is 0 Å². The number of hydrogen-bond donors (Lipinski definition) is 2. The molecule has 4 rings (SSSR count). The Hall–Kier alpha value is -3.61. The zero-order valence-electron chi connectivity index (χ0n) is 21.6. The number of nitrogens with zero attached hydrogens (tertiary/aromatic N) is 2. The van der Waals surface area contributed by atoms with Gasteiger partial charge in [-0.15, -0.1) is 0 Å². The van der Waals surface area contributed by atoms with E-state index in [4.69, 9.17) is 4.74 Å². The lowest BCUT2D eigenvalue weighted by atomic mass is 9.99. The summed E-state index contributed by atoms with van der Waals surface area (Å²) in [6, 6.07) is 6.90. The molecule has 0 saturated heterocycles. The average Bonchev–Trinajstić information content (AvgIpc) is 2.85. The van der Waals surface area contributed by atoms with Gasteiger partial charge in [0.05, 0.1) is 5.70 Å². The van der Waals surface area contributed by atoms with Crippen LogP contribution in [0.25, 0.3) is 0 Å². The van der Waals surface area contributed by atoms with Crippen molar-refractivity contribution in [1.82, 2.24) is 15.2 Å². The Balaban J connectivity index is 1.57. The Morgan fingerprint density at radius 1 is 1.28 bits per heavy atom. The maximum atomic E-state index is 14.4. The summed E-state index contributed by atoms with van der Waals surface area (Å²) >= 11 is 0. The first kappa shape index (κ1) is 25.5. The van der Waals surface area contributed by atoms with Gasteiger partial charge in [-0.25, -0.2) is 9.37 Å². The van der Waals surface area contributed by atoms with Crippen molar-refractivity contribution in [2.24, 2.45) is 0 Å². The molecular weight excluding hydrogens is 455 g/mol. The number of aromatic nitrogens is 1. The number of ether oxygens (including phenoxy) is 1. The van der Waals surface area contributed by atoms with Crippen LogP contribution in [0.4, 0.5) is 15.9 Å². The van der Waals surface area contributed by atoms with Gasteiger partial charge in [0.25, 0.3) is 0 Å². The minimum absolute atomic E-state index is 0.0637. The molecular formula is C29H35FN4O2. The first-order valence-corrected chi connectivity index (χ1v) is 12.6. The second-order valence-electron chi connectivity index (χ2n) is 9.35. The third kappa shape index (κ3) is 5.96. The third-order valence-corrected chi connectivity index (χ3v) is 6.55. The molecule has 2 aliphatic heterocycles. The molecule has 0 atom stereocenters. The highest BCUT2D eigenvalue weighted by atomic mass is 19.1. The van der Waals surface area contributed by atoms with E-state index < -0.39 is 5.82 Å². The van der Waals surface area contributed by atoms with Crippen LogP contribution in [0.2, 0.25) is 0 Å².